The van der Waals surface area contributed by atoms with E-state index in [4.69, 9.17) is 5.73 Å². The minimum Gasteiger partial charge on any atom is -0.376 e. The number of rotatable bonds is 7. The number of pyridine rings is 1. The van der Waals surface area contributed by atoms with Gasteiger partial charge in [0.25, 0.3) is 0 Å². The fourth-order valence-electron chi connectivity index (χ4n) is 3.22. The van der Waals surface area contributed by atoms with E-state index < -0.39 is 0 Å². The van der Waals surface area contributed by atoms with Gasteiger partial charge >= 0.3 is 0 Å². The maximum Gasteiger partial charge on any atom is 0.239 e. The Morgan fingerprint density at radius 2 is 1.76 bits per heavy atom. The molecule has 1 aromatic carbocycles. The van der Waals surface area contributed by atoms with Crippen molar-refractivity contribution in [2.45, 2.75) is 19.4 Å². The van der Waals surface area contributed by atoms with Crippen molar-refractivity contribution < 1.29 is 9.59 Å². The second-order valence-corrected chi connectivity index (χ2v) is 6.65. The Balaban J connectivity index is 0.00000210. The van der Waals surface area contributed by atoms with Gasteiger partial charge in [0.05, 0.1) is 6.54 Å². The van der Waals surface area contributed by atoms with Crippen molar-refractivity contribution in [3.63, 3.8) is 0 Å². The van der Waals surface area contributed by atoms with E-state index in [2.05, 4.69) is 20.5 Å². The summed E-state index contributed by atoms with van der Waals surface area (Å²) in [6.07, 6.45) is 3.22. The van der Waals surface area contributed by atoms with Crippen molar-refractivity contribution in [1.82, 2.24) is 10.3 Å². The molecule has 3 rings (SSSR count). The third-order valence-electron chi connectivity index (χ3n) is 4.77. The Hall–Kier alpha value is -2.51. The monoisotopic (exact) mass is 439 g/mol. The normalized spacial score (nSPS) is 13.6. The molecule has 1 fully saturated rings. The smallest absolute Gasteiger partial charge is 0.239 e. The van der Waals surface area contributed by atoms with Crippen molar-refractivity contribution in [1.29, 1.82) is 0 Å². The highest BCUT2D eigenvalue weighted by atomic mass is 35.5. The maximum atomic E-state index is 12.1. The molecule has 7 nitrogen and oxygen atoms in total. The van der Waals surface area contributed by atoms with Crippen molar-refractivity contribution in [3.8, 4) is 0 Å². The van der Waals surface area contributed by atoms with Crippen LogP contribution in [0.15, 0.2) is 48.7 Å². The van der Waals surface area contributed by atoms with Crippen LogP contribution in [0, 0.1) is 5.92 Å². The number of nitrogens with zero attached hydrogens (tertiary/aromatic N) is 2. The van der Waals surface area contributed by atoms with Crippen LogP contribution in [0.4, 0.5) is 11.5 Å². The highest BCUT2D eigenvalue weighted by Crippen LogP contribution is 2.24. The number of carbonyl (C=O) groups is 2. The molecule has 0 unspecified atom stereocenters. The van der Waals surface area contributed by atoms with E-state index in [1.54, 1.807) is 6.20 Å². The van der Waals surface area contributed by atoms with Gasteiger partial charge in [-0.3, -0.25) is 9.59 Å². The first-order valence-electron chi connectivity index (χ1n) is 9.17. The second-order valence-electron chi connectivity index (χ2n) is 6.65. The zero-order valence-electron chi connectivity index (χ0n) is 16.0. The summed E-state index contributed by atoms with van der Waals surface area (Å²) < 4.78 is 0. The number of anilines is 2. The average molecular weight is 440 g/mol. The minimum atomic E-state index is -0.228. The topological polar surface area (TPSA) is 100 Å². The molecule has 1 saturated heterocycles. The van der Waals surface area contributed by atoms with Crippen LogP contribution in [-0.2, 0) is 16.1 Å². The number of amides is 2. The van der Waals surface area contributed by atoms with Crippen LogP contribution in [-0.4, -0.2) is 36.4 Å². The molecule has 1 aliphatic heterocycles. The summed E-state index contributed by atoms with van der Waals surface area (Å²) in [6, 6.07) is 13.4. The van der Waals surface area contributed by atoms with Crippen LogP contribution in [0.1, 0.15) is 18.4 Å². The molecular weight excluding hydrogens is 413 g/mol. The van der Waals surface area contributed by atoms with Crippen molar-refractivity contribution >= 4 is 48.1 Å². The van der Waals surface area contributed by atoms with Gasteiger partial charge < -0.3 is 21.3 Å². The summed E-state index contributed by atoms with van der Waals surface area (Å²) >= 11 is 0. The van der Waals surface area contributed by atoms with E-state index in [0.29, 0.717) is 6.54 Å². The predicted molar refractivity (Wildman–Crippen MR) is 120 cm³/mol. The molecule has 0 atom stereocenters. The Labute approximate surface area is 183 Å². The van der Waals surface area contributed by atoms with Gasteiger partial charge in [0, 0.05) is 43.0 Å². The lowest BCUT2D eigenvalue weighted by atomic mass is 9.96. The number of nitrogens with two attached hydrogens (primary N) is 1. The fraction of sp³-hybridized carbons (Fsp3) is 0.350. The molecule has 0 bridgehead atoms. The molecule has 2 amide bonds. The van der Waals surface area contributed by atoms with Gasteiger partial charge in [0.15, 0.2) is 0 Å². The van der Waals surface area contributed by atoms with Gasteiger partial charge in [-0.15, -0.1) is 24.8 Å². The zero-order valence-corrected chi connectivity index (χ0v) is 17.7. The first kappa shape index (κ1) is 24.5. The lowest BCUT2D eigenvalue weighted by Gasteiger charge is -2.32. The molecule has 2 heterocycles. The summed E-state index contributed by atoms with van der Waals surface area (Å²) in [5.41, 5.74) is 7.28. The van der Waals surface area contributed by atoms with Gasteiger partial charge in [-0.25, -0.2) is 4.98 Å². The summed E-state index contributed by atoms with van der Waals surface area (Å²) in [5.74, 6) is 0.490. The van der Waals surface area contributed by atoms with Crippen molar-refractivity contribution in [2.24, 2.45) is 11.7 Å². The van der Waals surface area contributed by atoms with Crippen LogP contribution in [0.2, 0.25) is 0 Å². The molecular formula is C20H27Cl2N5O2. The van der Waals surface area contributed by atoms with E-state index >= 15 is 0 Å². The Morgan fingerprint density at radius 1 is 1.07 bits per heavy atom. The molecule has 29 heavy (non-hydrogen) atoms. The number of primary amides is 1. The number of piperidine rings is 1. The third kappa shape index (κ3) is 7.11. The zero-order chi connectivity index (χ0) is 19.1. The quantitative estimate of drug-likeness (QED) is 0.614. The largest absolute Gasteiger partial charge is 0.376 e. The first-order chi connectivity index (χ1) is 13.1. The standard InChI is InChI=1S/C20H25N5O2.2ClH/c21-19(27)15-8-11-25(12-9-15)20-16(5-4-10-22-20)13-24-18(26)14-23-17-6-2-1-3-7-17;;/h1-7,10,15,23H,8-9,11-14H2,(H2,21,27)(H,24,26);2*1H. The van der Waals surface area contributed by atoms with Gasteiger partial charge in [-0.2, -0.15) is 0 Å². The van der Waals surface area contributed by atoms with E-state index in [9.17, 15) is 9.59 Å². The molecule has 4 N–H and O–H groups in total. The Morgan fingerprint density at radius 3 is 2.41 bits per heavy atom. The number of halogens is 2. The minimum absolute atomic E-state index is 0. The van der Waals surface area contributed by atoms with Crippen molar-refractivity contribution in [3.05, 3.63) is 54.2 Å². The Bertz CT molecular complexity index is 783. The first-order valence-corrected chi connectivity index (χ1v) is 9.17. The predicted octanol–water partition coefficient (Wildman–Crippen LogP) is 2.36. The fourth-order valence-corrected chi connectivity index (χ4v) is 3.22. The summed E-state index contributed by atoms with van der Waals surface area (Å²) in [5, 5.41) is 6.03. The molecule has 0 aliphatic carbocycles. The molecule has 0 radical (unpaired) electrons. The SMILES string of the molecule is Cl.Cl.NC(=O)C1CCN(c2ncccc2CNC(=O)CNc2ccccc2)CC1. The molecule has 2 aromatic rings. The second kappa shape index (κ2) is 12.1. The lowest BCUT2D eigenvalue weighted by Crippen LogP contribution is -2.39. The number of hydrogen-bond acceptors (Lipinski definition) is 5. The number of carbonyl (C=O) groups excluding carboxylic acids is 2. The van der Waals surface area contributed by atoms with Crippen LogP contribution in [0.5, 0.6) is 0 Å². The van der Waals surface area contributed by atoms with Gasteiger partial charge in [0.1, 0.15) is 5.82 Å². The maximum absolute atomic E-state index is 12.1. The van der Waals surface area contributed by atoms with E-state index in [1.807, 2.05) is 42.5 Å². The number of hydrogen-bond donors (Lipinski definition) is 3. The third-order valence-corrected chi connectivity index (χ3v) is 4.77. The van der Waals surface area contributed by atoms with Crippen LogP contribution in [0.3, 0.4) is 0 Å². The van der Waals surface area contributed by atoms with E-state index in [0.717, 1.165) is 43.0 Å². The van der Waals surface area contributed by atoms with Crippen LogP contribution < -0.4 is 21.3 Å². The average Bonchev–Trinajstić information content (AvgIpc) is 2.72. The molecule has 158 valence electrons. The number of nitrogens with one attached hydrogen (secondary N) is 2. The van der Waals surface area contributed by atoms with Crippen LogP contribution >= 0.6 is 24.8 Å². The number of aromatic nitrogens is 1. The van der Waals surface area contributed by atoms with Gasteiger partial charge in [0.2, 0.25) is 11.8 Å². The summed E-state index contributed by atoms with van der Waals surface area (Å²) in [4.78, 5) is 30.1. The number of benzene rings is 1. The molecule has 1 aliphatic rings. The highest BCUT2D eigenvalue weighted by Gasteiger charge is 2.24. The Kier molecular flexibility index (Phi) is 10.3. The molecule has 0 spiro atoms. The lowest BCUT2D eigenvalue weighted by molar-refractivity contribution is -0.122. The number of para-hydroxylation sites is 1. The van der Waals surface area contributed by atoms with Gasteiger partial charge in [-0.1, -0.05) is 24.3 Å². The highest BCUT2D eigenvalue weighted by molar-refractivity contribution is 5.85. The summed E-state index contributed by atoms with van der Waals surface area (Å²) in [6.45, 7) is 2.10. The van der Waals surface area contributed by atoms with E-state index in [-0.39, 0.29) is 49.1 Å². The van der Waals surface area contributed by atoms with Gasteiger partial charge in [-0.05, 0) is 31.0 Å². The van der Waals surface area contributed by atoms with Crippen LogP contribution in [0.25, 0.3) is 0 Å². The molecule has 0 saturated carbocycles. The summed E-state index contributed by atoms with van der Waals surface area (Å²) in [7, 11) is 0. The molecule has 9 heteroatoms. The van der Waals surface area contributed by atoms with Crippen molar-refractivity contribution in [2.75, 3.05) is 29.9 Å². The molecule has 1 aromatic heterocycles. The van der Waals surface area contributed by atoms with E-state index in [1.165, 1.54) is 0 Å².